The number of nitrogens with one attached hydrogen (secondary N) is 1. The fraction of sp³-hybridized carbons (Fsp3) is 0.0714. The lowest BCUT2D eigenvalue weighted by molar-refractivity contribution is -0.137. The van der Waals surface area contributed by atoms with Gasteiger partial charge in [-0.15, -0.1) is 0 Å². The second-order valence-corrected chi connectivity index (χ2v) is 4.79. The van der Waals surface area contributed by atoms with E-state index in [-0.39, 0.29) is 16.9 Å². The van der Waals surface area contributed by atoms with Crippen molar-refractivity contribution < 1.29 is 22.4 Å². The zero-order valence-electron chi connectivity index (χ0n) is 10.8. The topological polar surface area (TPSA) is 55.1 Å². The van der Waals surface area contributed by atoms with E-state index in [9.17, 15) is 22.4 Å². The number of carbonyl (C=O) groups excluding carboxylic acids is 1. The Kier molecular flexibility index (Phi) is 4.27. The highest BCUT2D eigenvalue weighted by molar-refractivity contribution is 6.31. The van der Waals surface area contributed by atoms with Crippen molar-refractivity contribution in [2.75, 3.05) is 11.1 Å². The van der Waals surface area contributed by atoms with Gasteiger partial charge < -0.3 is 11.1 Å². The summed E-state index contributed by atoms with van der Waals surface area (Å²) >= 11 is 5.48. The summed E-state index contributed by atoms with van der Waals surface area (Å²) in [6.45, 7) is 0. The maximum atomic E-state index is 13.1. The quantitative estimate of drug-likeness (QED) is 0.635. The standard InChI is InChI=1S/C14H9ClF4N2O/c15-11-3-2-8(6-10(11)14(17,18)19)21-13(22)9-5-7(16)1-4-12(9)20/h1-6H,20H2,(H,21,22). The maximum absolute atomic E-state index is 13.1. The van der Waals surface area contributed by atoms with Crippen molar-refractivity contribution >= 4 is 28.9 Å². The van der Waals surface area contributed by atoms with Crippen molar-refractivity contribution in [1.29, 1.82) is 0 Å². The monoisotopic (exact) mass is 332 g/mol. The summed E-state index contributed by atoms with van der Waals surface area (Å²) in [5, 5.41) is 1.73. The van der Waals surface area contributed by atoms with Crippen molar-refractivity contribution in [3.8, 4) is 0 Å². The van der Waals surface area contributed by atoms with Gasteiger partial charge in [-0.1, -0.05) is 11.6 Å². The Hall–Kier alpha value is -2.28. The van der Waals surface area contributed by atoms with Gasteiger partial charge in [0.25, 0.3) is 5.91 Å². The Balaban J connectivity index is 2.31. The zero-order chi connectivity index (χ0) is 16.5. The van der Waals surface area contributed by atoms with Crippen molar-refractivity contribution in [1.82, 2.24) is 0 Å². The number of hydrogen-bond donors (Lipinski definition) is 2. The Bertz CT molecular complexity index is 731. The minimum Gasteiger partial charge on any atom is -0.398 e. The molecule has 0 aliphatic heterocycles. The molecule has 0 unspecified atom stereocenters. The molecule has 8 heteroatoms. The highest BCUT2D eigenvalue weighted by Gasteiger charge is 2.33. The number of alkyl halides is 3. The number of anilines is 2. The van der Waals surface area contributed by atoms with Crippen LogP contribution < -0.4 is 11.1 Å². The summed E-state index contributed by atoms with van der Waals surface area (Å²) in [5.41, 5.74) is 4.15. The van der Waals surface area contributed by atoms with Crippen LogP contribution in [0.1, 0.15) is 15.9 Å². The molecule has 0 bridgehead atoms. The van der Waals surface area contributed by atoms with Gasteiger partial charge in [0.05, 0.1) is 16.1 Å². The molecular formula is C14H9ClF4N2O. The Morgan fingerprint density at radius 3 is 2.45 bits per heavy atom. The van der Waals surface area contributed by atoms with E-state index in [1.807, 2.05) is 0 Å². The second-order valence-electron chi connectivity index (χ2n) is 4.38. The van der Waals surface area contributed by atoms with E-state index in [0.29, 0.717) is 6.07 Å². The van der Waals surface area contributed by atoms with Gasteiger partial charge in [0, 0.05) is 11.4 Å². The molecule has 0 aliphatic rings. The van der Waals surface area contributed by atoms with Crippen LogP contribution in [0.15, 0.2) is 36.4 Å². The summed E-state index contributed by atoms with van der Waals surface area (Å²) in [4.78, 5) is 12.0. The van der Waals surface area contributed by atoms with Crippen LogP contribution in [-0.2, 0) is 6.18 Å². The van der Waals surface area contributed by atoms with Gasteiger partial charge in [0.2, 0.25) is 0 Å². The van der Waals surface area contributed by atoms with E-state index in [1.54, 1.807) is 0 Å². The Morgan fingerprint density at radius 1 is 1.14 bits per heavy atom. The molecule has 0 atom stereocenters. The molecular weight excluding hydrogens is 324 g/mol. The van der Waals surface area contributed by atoms with Gasteiger partial charge >= 0.3 is 6.18 Å². The molecule has 0 saturated heterocycles. The molecule has 0 fully saturated rings. The first-order valence-corrected chi connectivity index (χ1v) is 6.29. The molecule has 0 aromatic heterocycles. The number of hydrogen-bond acceptors (Lipinski definition) is 2. The first-order valence-electron chi connectivity index (χ1n) is 5.91. The normalized spacial score (nSPS) is 11.3. The number of benzene rings is 2. The number of nitrogen functional groups attached to an aromatic ring is 1. The molecule has 116 valence electrons. The van der Waals surface area contributed by atoms with Crippen molar-refractivity contribution in [2.45, 2.75) is 6.18 Å². The van der Waals surface area contributed by atoms with Crippen molar-refractivity contribution in [3.05, 3.63) is 58.4 Å². The van der Waals surface area contributed by atoms with Crippen LogP contribution in [-0.4, -0.2) is 5.91 Å². The fourth-order valence-electron chi connectivity index (χ4n) is 1.74. The molecule has 0 spiro atoms. The van der Waals surface area contributed by atoms with E-state index >= 15 is 0 Å². The summed E-state index contributed by atoms with van der Waals surface area (Å²) in [5.74, 6) is -1.51. The molecule has 0 aliphatic carbocycles. The van der Waals surface area contributed by atoms with Crippen LogP contribution in [0.3, 0.4) is 0 Å². The van der Waals surface area contributed by atoms with Crippen LogP contribution in [0.2, 0.25) is 5.02 Å². The average Bonchev–Trinajstić information content (AvgIpc) is 2.42. The lowest BCUT2D eigenvalue weighted by Gasteiger charge is -2.12. The largest absolute Gasteiger partial charge is 0.417 e. The van der Waals surface area contributed by atoms with Crippen molar-refractivity contribution in [2.24, 2.45) is 0 Å². The predicted octanol–water partition coefficient (Wildman–Crippen LogP) is 4.33. The van der Waals surface area contributed by atoms with Gasteiger partial charge in [-0.05, 0) is 36.4 Å². The van der Waals surface area contributed by atoms with Crippen LogP contribution in [0, 0.1) is 5.82 Å². The molecule has 2 aromatic carbocycles. The summed E-state index contributed by atoms with van der Waals surface area (Å²) in [6.07, 6.45) is -4.66. The average molecular weight is 333 g/mol. The zero-order valence-corrected chi connectivity index (χ0v) is 11.6. The van der Waals surface area contributed by atoms with E-state index in [2.05, 4.69) is 5.32 Å². The Labute approximate surface area is 127 Å². The van der Waals surface area contributed by atoms with Gasteiger partial charge in [-0.3, -0.25) is 4.79 Å². The van der Waals surface area contributed by atoms with Crippen molar-refractivity contribution in [3.63, 3.8) is 0 Å². The van der Waals surface area contributed by atoms with E-state index in [4.69, 9.17) is 17.3 Å². The first kappa shape index (κ1) is 16.1. The summed E-state index contributed by atoms with van der Waals surface area (Å²) < 4.78 is 51.3. The van der Waals surface area contributed by atoms with Gasteiger partial charge in [0.15, 0.2) is 0 Å². The number of halogens is 5. The molecule has 22 heavy (non-hydrogen) atoms. The lowest BCUT2D eigenvalue weighted by atomic mass is 10.1. The van der Waals surface area contributed by atoms with Crippen LogP contribution in [0.25, 0.3) is 0 Å². The van der Waals surface area contributed by atoms with E-state index in [1.165, 1.54) is 12.1 Å². The number of nitrogens with two attached hydrogens (primary N) is 1. The van der Waals surface area contributed by atoms with Gasteiger partial charge in [-0.25, -0.2) is 4.39 Å². The van der Waals surface area contributed by atoms with Gasteiger partial charge in [-0.2, -0.15) is 13.2 Å². The first-order chi connectivity index (χ1) is 10.2. The SMILES string of the molecule is Nc1ccc(F)cc1C(=O)Nc1ccc(Cl)c(C(F)(F)F)c1. The minimum atomic E-state index is -4.66. The molecule has 3 nitrogen and oxygen atoms in total. The van der Waals surface area contributed by atoms with E-state index in [0.717, 1.165) is 18.2 Å². The molecule has 3 N–H and O–H groups in total. The second kappa shape index (κ2) is 5.84. The maximum Gasteiger partial charge on any atom is 0.417 e. The van der Waals surface area contributed by atoms with Crippen LogP contribution >= 0.6 is 11.6 Å². The third kappa shape index (κ3) is 3.48. The molecule has 0 saturated carbocycles. The lowest BCUT2D eigenvalue weighted by Crippen LogP contribution is -2.15. The third-order valence-corrected chi connectivity index (χ3v) is 3.12. The third-order valence-electron chi connectivity index (χ3n) is 2.79. The highest BCUT2D eigenvalue weighted by Crippen LogP contribution is 2.36. The van der Waals surface area contributed by atoms with Crippen LogP contribution in [0.4, 0.5) is 28.9 Å². The number of carbonyl (C=O) groups is 1. The minimum absolute atomic E-state index is 0.00362. The molecule has 2 rings (SSSR count). The molecule has 1 amide bonds. The molecule has 2 aromatic rings. The summed E-state index contributed by atoms with van der Waals surface area (Å²) in [7, 11) is 0. The Morgan fingerprint density at radius 2 is 1.82 bits per heavy atom. The molecule has 0 radical (unpaired) electrons. The smallest absolute Gasteiger partial charge is 0.398 e. The molecule has 0 heterocycles. The predicted molar refractivity (Wildman–Crippen MR) is 75.2 cm³/mol. The van der Waals surface area contributed by atoms with Crippen LogP contribution in [0.5, 0.6) is 0 Å². The van der Waals surface area contributed by atoms with Gasteiger partial charge in [0.1, 0.15) is 5.82 Å². The number of rotatable bonds is 2. The summed E-state index contributed by atoms with van der Waals surface area (Å²) in [6, 6.07) is 6.05. The number of amides is 1. The highest BCUT2D eigenvalue weighted by atomic mass is 35.5. The van der Waals surface area contributed by atoms with E-state index < -0.39 is 28.5 Å². The fourth-order valence-corrected chi connectivity index (χ4v) is 1.97.